The minimum Gasteiger partial charge on any atom is -0.465 e. The highest BCUT2D eigenvalue weighted by Gasteiger charge is 2.39. The largest absolute Gasteiger partial charge is 0.465 e. The van der Waals surface area contributed by atoms with Gasteiger partial charge in [0.15, 0.2) is 5.66 Å². The quantitative estimate of drug-likeness (QED) is 0.576. The van der Waals surface area contributed by atoms with Gasteiger partial charge in [0.1, 0.15) is 0 Å². The summed E-state index contributed by atoms with van der Waals surface area (Å²) in [6.45, 7) is 0. The molecule has 1 heterocycles. The van der Waals surface area contributed by atoms with E-state index >= 15 is 0 Å². The molecule has 1 amide bonds. The van der Waals surface area contributed by atoms with Crippen LogP contribution in [0, 0.1) is 12.3 Å². The molecule has 0 aromatic heterocycles. The number of terminal acetylenes is 1. The Balaban J connectivity index is 1.41. The second-order valence-corrected chi connectivity index (χ2v) is 6.94. The van der Waals surface area contributed by atoms with Crippen LogP contribution in [0.2, 0.25) is 0 Å². The molecule has 2 aliphatic rings. The molecule has 0 unspecified atom stereocenters. The van der Waals surface area contributed by atoms with Crippen molar-refractivity contribution in [3.63, 3.8) is 0 Å². The number of nitrogens with one attached hydrogen (secondary N) is 1. The molecule has 1 saturated carbocycles. The maximum absolute atomic E-state index is 12.1. The van der Waals surface area contributed by atoms with Gasteiger partial charge in [-0.15, -0.1) is 12.3 Å². The maximum Gasteiger partial charge on any atom is 0.337 e. The van der Waals surface area contributed by atoms with E-state index in [2.05, 4.69) is 21.5 Å². The van der Waals surface area contributed by atoms with E-state index in [1.807, 2.05) is 18.2 Å². The predicted molar refractivity (Wildman–Crippen MR) is 96.6 cm³/mol. The number of esters is 1. The minimum absolute atomic E-state index is 0.0362. The fraction of sp³-hybridized carbons (Fsp3) is 0.500. The van der Waals surface area contributed by atoms with Crippen LogP contribution < -0.4 is 5.32 Å². The van der Waals surface area contributed by atoms with E-state index in [1.165, 1.54) is 7.11 Å². The zero-order valence-corrected chi connectivity index (χ0v) is 14.9. The van der Waals surface area contributed by atoms with Gasteiger partial charge in [0, 0.05) is 31.7 Å². The lowest BCUT2D eigenvalue weighted by Crippen LogP contribution is -2.43. The average molecular weight is 353 g/mol. The van der Waals surface area contributed by atoms with Gasteiger partial charge in [-0.05, 0) is 36.5 Å². The van der Waals surface area contributed by atoms with E-state index in [0.29, 0.717) is 30.7 Å². The van der Waals surface area contributed by atoms with Crippen LogP contribution in [0.5, 0.6) is 0 Å². The van der Waals surface area contributed by atoms with E-state index in [-0.39, 0.29) is 17.9 Å². The van der Waals surface area contributed by atoms with Crippen LogP contribution in [0.1, 0.15) is 60.4 Å². The summed E-state index contributed by atoms with van der Waals surface area (Å²) in [5, 5.41) is 11.2. The first kappa shape index (κ1) is 18.1. The Labute approximate surface area is 153 Å². The number of hydrogen-bond acceptors (Lipinski definition) is 5. The van der Waals surface area contributed by atoms with Crippen molar-refractivity contribution in [2.45, 2.75) is 56.1 Å². The number of amides is 1. The summed E-state index contributed by atoms with van der Waals surface area (Å²) in [4.78, 5) is 23.7. The van der Waals surface area contributed by atoms with Crippen molar-refractivity contribution in [1.82, 2.24) is 5.32 Å². The molecule has 0 saturated heterocycles. The second kappa shape index (κ2) is 7.69. The molecule has 0 spiro atoms. The summed E-state index contributed by atoms with van der Waals surface area (Å²) in [5.74, 6) is 2.66. The number of methoxy groups -OCH3 is 1. The van der Waals surface area contributed by atoms with Gasteiger partial charge in [-0.3, -0.25) is 4.79 Å². The lowest BCUT2D eigenvalue weighted by molar-refractivity contribution is -0.122. The minimum atomic E-state index is -0.403. The van der Waals surface area contributed by atoms with Crippen molar-refractivity contribution in [2.75, 3.05) is 7.11 Å². The maximum atomic E-state index is 12.1. The molecule has 0 atom stereocenters. The van der Waals surface area contributed by atoms with Gasteiger partial charge < -0.3 is 10.1 Å². The first-order chi connectivity index (χ1) is 12.5. The van der Waals surface area contributed by atoms with Crippen LogP contribution >= 0.6 is 0 Å². The molecule has 0 radical (unpaired) electrons. The summed E-state index contributed by atoms with van der Waals surface area (Å²) >= 11 is 0. The van der Waals surface area contributed by atoms with Gasteiger partial charge in [-0.1, -0.05) is 12.1 Å². The Morgan fingerprint density at radius 1 is 1.35 bits per heavy atom. The summed E-state index contributed by atoms with van der Waals surface area (Å²) in [6.07, 6.45) is 9.42. The molecule has 1 aromatic carbocycles. The lowest BCUT2D eigenvalue weighted by atomic mass is 9.75. The predicted octanol–water partition coefficient (Wildman–Crippen LogP) is 3.19. The second-order valence-electron chi connectivity index (χ2n) is 6.94. The Morgan fingerprint density at radius 3 is 2.77 bits per heavy atom. The first-order valence-corrected chi connectivity index (χ1v) is 8.90. The number of nitrogens with zero attached hydrogens (tertiary/aromatic N) is 2. The number of carbonyl (C=O) groups is 2. The van der Waals surface area contributed by atoms with Crippen molar-refractivity contribution in [3.8, 4) is 12.3 Å². The van der Waals surface area contributed by atoms with Crippen LogP contribution in [0.15, 0.2) is 34.5 Å². The van der Waals surface area contributed by atoms with Crippen LogP contribution in [-0.2, 0) is 9.53 Å². The van der Waals surface area contributed by atoms with Gasteiger partial charge >= 0.3 is 5.97 Å². The Kier molecular flexibility index (Phi) is 5.36. The van der Waals surface area contributed by atoms with E-state index < -0.39 is 5.66 Å². The van der Waals surface area contributed by atoms with Crippen molar-refractivity contribution in [3.05, 3.63) is 35.4 Å². The number of ether oxygens (including phenoxy) is 1. The normalized spacial score (nSPS) is 22.0. The smallest absolute Gasteiger partial charge is 0.337 e. The van der Waals surface area contributed by atoms with E-state index in [0.717, 1.165) is 24.8 Å². The topological polar surface area (TPSA) is 80.1 Å². The highest BCUT2D eigenvalue weighted by atomic mass is 16.5. The van der Waals surface area contributed by atoms with Gasteiger partial charge in [0.05, 0.1) is 12.7 Å². The van der Waals surface area contributed by atoms with Crippen LogP contribution in [0.3, 0.4) is 0 Å². The third kappa shape index (κ3) is 4.29. The number of benzene rings is 1. The van der Waals surface area contributed by atoms with Crippen LogP contribution in [-0.4, -0.2) is 30.7 Å². The molecule has 26 heavy (non-hydrogen) atoms. The highest BCUT2D eigenvalue weighted by Crippen LogP contribution is 2.39. The summed E-state index contributed by atoms with van der Waals surface area (Å²) in [6, 6.07) is 7.69. The first-order valence-electron chi connectivity index (χ1n) is 8.90. The van der Waals surface area contributed by atoms with Gasteiger partial charge in [-0.2, -0.15) is 10.2 Å². The SMILES string of the molecule is C#CCCC1(CCC(=O)NC2CC(c3cccc(C(=O)OC)c3)C2)N=N1. The van der Waals surface area contributed by atoms with Gasteiger partial charge in [0.2, 0.25) is 5.91 Å². The molecule has 3 rings (SSSR count). The zero-order chi connectivity index (χ0) is 18.6. The molecular weight excluding hydrogens is 330 g/mol. The summed E-state index contributed by atoms with van der Waals surface area (Å²) < 4.78 is 4.76. The zero-order valence-electron chi connectivity index (χ0n) is 14.9. The molecule has 0 bridgehead atoms. The van der Waals surface area contributed by atoms with Crippen LogP contribution in [0.4, 0.5) is 0 Å². The fourth-order valence-corrected chi connectivity index (χ4v) is 3.33. The van der Waals surface area contributed by atoms with Crippen LogP contribution in [0.25, 0.3) is 0 Å². The third-order valence-electron chi connectivity index (χ3n) is 5.09. The Bertz CT molecular complexity index is 754. The van der Waals surface area contributed by atoms with E-state index in [4.69, 9.17) is 11.2 Å². The van der Waals surface area contributed by atoms with Crippen molar-refractivity contribution < 1.29 is 14.3 Å². The van der Waals surface area contributed by atoms with E-state index in [1.54, 1.807) is 6.07 Å². The van der Waals surface area contributed by atoms with Crippen molar-refractivity contribution >= 4 is 11.9 Å². The van der Waals surface area contributed by atoms with E-state index in [9.17, 15) is 9.59 Å². The van der Waals surface area contributed by atoms with Crippen molar-refractivity contribution in [1.29, 1.82) is 0 Å². The summed E-state index contributed by atoms with van der Waals surface area (Å²) in [5.41, 5.74) is 1.27. The standard InChI is InChI=1S/C20H23N3O3/c1-3-4-9-20(22-23-20)10-8-18(24)21-17-12-16(13-17)14-6-5-7-15(11-14)19(25)26-2/h1,5-7,11,16-17H,4,8-10,12-13H2,2H3,(H,21,24). The summed E-state index contributed by atoms with van der Waals surface area (Å²) in [7, 11) is 1.38. The molecular formula is C20H23N3O3. The molecule has 1 N–H and O–H groups in total. The molecule has 136 valence electrons. The van der Waals surface area contributed by atoms with Crippen molar-refractivity contribution in [2.24, 2.45) is 10.2 Å². The van der Waals surface area contributed by atoms with Gasteiger partial charge in [-0.25, -0.2) is 4.79 Å². The molecule has 1 aliphatic carbocycles. The third-order valence-corrected chi connectivity index (χ3v) is 5.09. The average Bonchev–Trinajstić information content (AvgIpc) is 3.40. The fourth-order valence-electron chi connectivity index (χ4n) is 3.33. The molecule has 6 nitrogen and oxygen atoms in total. The Hall–Kier alpha value is -2.68. The lowest BCUT2D eigenvalue weighted by Gasteiger charge is -2.36. The number of hydrogen-bond donors (Lipinski definition) is 1. The Morgan fingerprint density at radius 2 is 2.12 bits per heavy atom. The molecule has 1 aromatic rings. The molecule has 1 aliphatic heterocycles. The molecule has 1 fully saturated rings. The highest BCUT2D eigenvalue weighted by molar-refractivity contribution is 5.89. The number of rotatable bonds is 8. The molecule has 6 heteroatoms. The van der Waals surface area contributed by atoms with Gasteiger partial charge in [0.25, 0.3) is 0 Å². The monoisotopic (exact) mass is 353 g/mol. The number of carbonyl (C=O) groups excluding carboxylic acids is 2.